The van der Waals surface area contributed by atoms with Crippen LogP contribution in [0.1, 0.15) is 12.1 Å². The van der Waals surface area contributed by atoms with E-state index in [9.17, 15) is 9.18 Å². The Morgan fingerprint density at radius 1 is 1.53 bits per heavy atom. The summed E-state index contributed by atoms with van der Waals surface area (Å²) in [6, 6.07) is 4.70. The summed E-state index contributed by atoms with van der Waals surface area (Å²) in [5.74, 6) is -1.24. The van der Waals surface area contributed by atoms with Gasteiger partial charge in [0.15, 0.2) is 5.13 Å². The Balaban J connectivity index is 2.05. The second-order valence-electron chi connectivity index (χ2n) is 3.79. The molecule has 1 heterocycles. The average molecular weight is 345 g/mol. The summed E-state index contributed by atoms with van der Waals surface area (Å²) < 4.78 is 14.3. The summed E-state index contributed by atoms with van der Waals surface area (Å²) in [6.45, 7) is 0. The van der Waals surface area contributed by atoms with Gasteiger partial charge in [-0.15, -0.1) is 11.3 Å². The fourth-order valence-electron chi connectivity index (χ4n) is 1.42. The number of nitrogens with zero attached hydrogens (tertiary/aromatic N) is 1. The second-order valence-corrected chi connectivity index (χ2v) is 5.56. The number of rotatable bonds is 5. The smallest absolute Gasteiger partial charge is 0.303 e. The molecule has 2 N–H and O–H groups in total. The zero-order chi connectivity index (χ0) is 13.8. The number of aryl methyl sites for hydroxylation is 1. The van der Waals surface area contributed by atoms with Gasteiger partial charge < -0.3 is 10.4 Å². The Morgan fingerprint density at radius 2 is 2.32 bits per heavy atom. The van der Waals surface area contributed by atoms with Crippen molar-refractivity contribution in [2.45, 2.75) is 12.8 Å². The largest absolute Gasteiger partial charge is 0.481 e. The third-order valence-corrected chi connectivity index (χ3v) is 3.62. The van der Waals surface area contributed by atoms with Crippen LogP contribution in [0.25, 0.3) is 0 Å². The van der Waals surface area contributed by atoms with Crippen LogP contribution in [0.4, 0.5) is 15.2 Å². The van der Waals surface area contributed by atoms with Crippen LogP contribution < -0.4 is 5.32 Å². The summed E-state index contributed by atoms with van der Waals surface area (Å²) in [4.78, 5) is 14.7. The number of benzene rings is 1. The zero-order valence-electron chi connectivity index (χ0n) is 9.69. The number of carboxylic acids is 1. The van der Waals surface area contributed by atoms with E-state index in [-0.39, 0.29) is 12.2 Å². The molecular weight excluding hydrogens is 335 g/mol. The van der Waals surface area contributed by atoms with Crippen molar-refractivity contribution in [1.82, 2.24) is 4.98 Å². The first-order valence-corrected chi connectivity index (χ1v) is 7.10. The van der Waals surface area contributed by atoms with Gasteiger partial charge in [-0.05, 0) is 18.2 Å². The lowest BCUT2D eigenvalue weighted by Crippen LogP contribution is -1.98. The molecule has 1 aromatic carbocycles. The van der Waals surface area contributed by atoms with Crippen molar-refractivity contribution in [3.05, 3.63) is 39.6 Å². The Kier molecular flexibility index (Phi) is 4.49. The fraction of sp³-hybridized carbons (Fsp3) is 0.167. The van der Waals surface area contributed by atoms with E-state index >= 15 is 0 Å². The molecule has 2 aromatic rings. The molecule has 1 aromatic heterocycles. The normalized spacial score (nSPS) is 10.4. The number of nitrogens with one attached hydrogen (secondary N) is 1. The van der Waals surface area contributed by atoms with Crippen LogP contribution in [-0.2, 0) is 11.2 Å². The van der Waals surface area contributed by atoms with Gasteiger partial charge in [0.1, 0.15) is 5.82 Å². The second kappa shape index (κ2) is 6.12. The van der Waals surface area contributed by atoms with E-state index in [1.807, 2.05) is 0 Å². The molecule has 7 heteroatoms. The molecule has 0 unspecified atom stereocenters. The number of halogens is 2. The van der Waals surface area contributed by atoms with Crippen molar-refractivity contribution >= 4 is 44.1 Å². The van der Waals surface area contributed by atoms with Crippen molar-refractivity contribution in [2.75, 3.05) is 5.32 Å². The molecular formula is C12H10BrFN2O2S. The van der Waals surface area contributed by atoms with Gasteiger partial charge in [0.25, 0.3) is 0 Å². The third-order valence-electron chi connectivity index (χ3n) is 2.32. The molecule has 0 spiro atoms. The molecule has 0 amide bonds. The molecule has 0 radical (unpaired) electrons. The molecule has 0 atom stereocenters. The molecule has 100 valence electrons. The Hall–Kier alpha value is -1.47. The molecule has 19 heavy (non-hydrogen) atoms. The van der Waals surface area contributed by atoms with E-state index in [4.69, 9.17) is 5.11 Å². The summed E-state index contributed by atoms with van der Waals surface area (Å²) in [6.07, 6.45) is 0.409. The monoisotopic (exact) mass is 344 g/mol. The molecule has 0 bridgehead atoms. The van der Waals surface area contributed by atoms with Gasteiger partial charge in [0, 0.05) is 16.3 Å². The van der Waals surface area contributed by atoms with Gasteiger partial charge in [0.2, 0.25) is 0 Å². The van der Waals surface area contributed by atoms with Crippen LogP contribution in [0.3, 0.4) is 0 Å². The SMILES string of the molecule is O=C(O)CCc1csc(Nc2ccc(Br)cc2F)n1. The molecule has 2 rings (SSSR count). The van der Waals surface area contributed by atoms with E-state index in [1.165, 1.54) is 17.4 Å². The van der Waals surface area contributed by atoms with Crippen LogP contribution in [-0.4, -0.2) is 16.1 Å². The molecule has 0 aliphatic heterocycles. The number of hydrogen-bond acceptors (Lipinski definition) is 4. The molecule has 0 saturated carbocycles. The average Bonchev–Trinajstić information content (AvgIpc) is 2.78. The Morgan fingerprint density at radius 3 is 3.00 bits per heavy atom. The predicted molar refractivity (Wildman–Crippen MR) is 75.5 cm³/mol. The fourth-order valence-corrected chi connectivity index (χ4v) is 2.51. The first-order chi connectivity index (χ1) is 9.04. The number of anilines is 2. The number of carbonyl (C=O) groups is 1. The van der Waals surface area contributed by atoms with Crippen LogP contribution in [0.15, 0.2) is 28.1 Å². The molecule has 0 aliphatic carbocycles. The quantitative estimate of drug-likeness (QED) is 0.865. The standard InChI is InChI=1S/C12H10BrFN2O2S/c13-7-1-3-10(9(14)5-7)16-12-15-8(6-19-12)2-4-11(17)18/h1,3,5-6H,2,4H2,(H,15,16)(H,17,18). The number of carboxylic acid groups (broad SMARTS) is 1. The maximum Gasteiger partial charge on any atom is 0.303 e. The molecule has 4 nitrogen and oxygen atoms in total. The van der Waals surface area contributed by atoms with Gasteiger partial charge in [-0.1, -0.05) is 15.9 Å². The van der Waals surface area contributed by atoms with Crippen molar-refractivity contribution < 1.29 is 14.3 Å². The summed E-state index contributed by atoms with van der Waals surface area (Å²) in [5.41, 5.74) is 1.02. The Bertz CT molecular complexity index is 603. The maximum absolute atomic E-state index is 13.6. The highest BCUT2D eigenvalue weighted by Gasteiger charge is 2.07. The van der Waals surface area contributed by atoms with Crippen molar-refractivity contribution in [3.63, 3.8) is 0 Å². The predicted octanol–water partition coefficient (Wildman–Crippen LogP) is 3.81. The van der Waals surface area contributed by atoms with Crippen LogP contribution in [0, 0.1) is 5.82 Å². The number of hydrogen-bond donors (Lipinski definition) is 2. The lowest BCUT2D eigenvalue weighted by molar-refractivity contribution is -0.136. The van der Waals surface area contributed by atoms with Crippen LogP contribution in [0.2, 0.25) is 0 Å². The van der Waals surface area contributed by atoms with Crippen molar-refractivity contribution in [2.24, 2.45) is 0 Å². The minimum atomic E-state index is -0.860. The van der Waals surface area contributed by atoms with Crippen molar-refractivity contribution in [1.29, 1.82) is 0 Å². The van der Waals surface area contributed by atoms with E-state index in [2.05, 4.69) is 26.2 Å². The van der Waals surface area contributed by atoms with E-state index in [1.54, 1.807) is 17.5 Å². The minimum absolute atomic E-state index is 0.0375. The minimum Gasteiger partial charge on any atom is -0.481 e. The number of aliphatic carboxylic acids is 1. The number of thiazole rings is 1. The highest BCUT2D eigenvalue weighted by atomic mass is 79.9. The van der Waals surface area contributed by atoms with Crippen LogP contribution in [0.5, 0.6) is 0 Å². The zero-order valence-corrected chi connectivity index (χ0v) is 12.1. The van der Waals surface area contributed by atoms with E-state index in [0.717, 1.165) is 0 Å². The highest BCUT2D eigenvalue weighted by molar-refractivity contribution is 9.10. The number of aromatic nitrogens is 1. The van der Waals surface area contributed by atoms with Gasteiger partial charge >= 0.3 is 5.97 Å². The van der Waals surface area contributed by atoms with Gasteiger partial charge in [-0.3, -0.25) is 4.79 Å². The highest BCUT2D eigenvalue weighted by Crippen LogP contribution is 2.25. The van der Waals surface area contributed by atoms with Crippen LogP contribution >= 0.6 is 27.3 Å². The van der Waals surface area contributed by atoms with Gasteiger partial charge in [-0.2, -0.15) is 0 Å². The molecule has 0 aliphatic rings. The summed E-state index contributed by atoms with van der Waals surface area (Å²) >= 11 is 4.50. The molecule has 0 saturated heterocycles. The lowest BCUT2D eigenvalue weighted by atomic mass is 10.2. The maximum atomic E-state index is 13.6. The van der Waals surface area contributed by atoms with Gasteiger partial charge in [-0.25, -0.2) is 9.37 Å². The first kappa shape index (κ1) is 14.0. The van der Waals surface area contributed by atoms with E-state index < -0.39 is 5.97 Å². The summed E-state index contributed by atoms with van der Waals surface area (Å²) in [5, 5.41) is 13.8. The lowest BCUT2D eigenvalue weighted by Gasteiger charge is -2.04. The van der Waals surface area contributed by atoms with Crippen molar-refractivity contribution in [3.8, 4) is 0 Å². The summed E-state index contributed by atoms with van der Waals surface area (Å²) in [7, 11) is 0. The molecule has 0 fully saturated rings. The van der Waals surface area contributed by atoms with Gasteiger partial charge in [0.05, 0.1) is 17.8 Å². The van der Waals surface area contributed by atoms with E-state index in [0.29, 0.717) is 27.4 Å². The topological polar surface area (TPSA) is 62.2 Å². The first-order valence-electron chi connectivity index (χ1n) is 5.43. The Labute approximate surface area is 121 Å². The third kappa shape index (κ3) is 4.00.